The number of carbonyl (C=O) groups excluding carboxylic acids is 1. The molecule has 1 saturated carbocycles. The molecule has 0 aromatic heterocycles. The van der Waals surface area contributed by atoms with Gasteiger partial charge in [-0.15, -0.1) is 0 Å². The lowest BCUT2D eigenvalue weighted by molar-refractivity contribution is -0.385. The summed E-state index contributed by atoms with van der Waals surface area (Å²) in [5, 5.41) is 29.0. The van der Waals surface area contributed by atoms with Crippen LogP contribution in [0.4, 0.5) is 11.4 Å². The van der Waals surface area contributed by atoms with Crippen molar-refractivity contribution in [2.75, 3.05) is 0 Å². The monoisotopic (exact) mass is 560 g/mol. The van der Waals surface area contributed by atoms with E-state index in [-0.39, 0.29) is 23.2 Å². The molecular weight excluding hydrogens is 540 g/mol. The maximum atomic E-state index is 13.7. The second-order valence-corrected chi connectivity index (χ2v) is 9.87. The zero-order valence-electron chi connectivity index (χ0n) is 19.5. The van der Waals surface area contributed by atoms with Gasteiger partial charge in [0.25, 0.3) is 17.3 Å². The molecule has 0 N–H and O–H groups in total. The molecule has 2 aliphatic rings. The minimum absolute atomic E-state index is 0.00316. The number of allylic oxidation sites excluding steroid dienone is 1. The number of hydrogen-bond donors (Lipinski definition) is 0. The smallest absolute Gasteiger partial charge is 0.267 e. The number of non-ortho nitro benzene ring substituents is 2. The summed E-state index contributed by atoms with van der Waals surface area (Å²) in [5.41, 5.74) is 3.35. The highest BCUT2D eigenvalue weighted by atomic mass is 79.9. The zero-order chi connectivity index (χ0) is 26.1. The van der Waals surface area contributed by atoms with Crippen LogP contribution in [0.2, 0.25) is 0 Å². The van der Waals surface area contributed by atoms with Crippen molar-refractivity contribution >= 4 is 45.0 Å². The number of rotatable bonds is 5. The Morgan fingerprint density at radius 1 is 0.973 bits per heavy atom. The molecule has 1 amide bonds. The number of hydrazone groups is 1. The molecule has 2 atom stereocenters. The Bertz CT molecular complexity index is 1470. The van der Waals surface area contributed by atoms with Crippen LogP contribution in [0.1, 0.15) is 46.8 Å². The van der Waals surface area contributed by atoms with Gasteiger partial charge in [-0.05, 0) is 66.3 Å². The Labute approximate surface area is 220 Å². The molecule has 37 heavy (non-hydrogen) atoms. The first-order valence-corrected chi connectivity index (χ1v) is 12.5. The molecule has 0 bridgehead atoms. The molecule has 1 fully saturated rings. The zero-order valence-corrected chi connectivity index (χ0v) is 21.1. The third-order valence-corrected chi connectivity index (χ3v) is 7.17. The van der Waals surface area contributed by atoms with Crippen LogP contribution in [-0.2, 0) is 0 Å². The second kappa shape index (κ2) is 10.1. The van der Waals surface area contributed by atoms with E-state index >= 15 is 0 Å². The molecule has 1 heterocycles. The Hall–Kier alpha value is -4.18. The van der Waals surface area contributed by atoms with Gasteiger partial charge in [-0.3, -0.25) is 25.0 Å². The average molecular weight is 561 g/mol. The van der Waals surface area contributed by atoms with Crippen LogP contribution in [0.5, 0.6) is 0 Å². The third-order valence-electron chi connectivity index (χ3n) is 6.65. The second-order valence-electron chi connectivity index (χ2n) is 8.96. The number of nitrogens with zero attached hydrogens (tertiary/aromatic N) is 4. The van der Waals surface area contributed by atoms with Gasteiger partial charge in [0.05, 0.1) is 21.6 Å². The highest BCUT2D eigenvalue weighted by Gasteiger charge is 2.44. The Kier molecular flexibility index (Phi) is 6.66. The van der Waals surface area contributed by atoms with Crippen molar-refractivity contribution < 1.29 is 14.6 Å². The highest BCUT2D eigenvalue weighted by molar-refractivity contribution is 9.10. The van der Waals surface area contributed by atoms with Gasteiger partial charge >= 0.3 is 0 Å². The first-order valence-electron chi connectivity index (χ1n) is 11.7. The van der Waals surface area contributed by atoms with Crippen LogP contribution >= 0.6 is 15.9 Å². The highest BCUT2D eigenvalue weighted by Crippen LogP contribution is 2.45. The molecule has 0 spiro atoms. The van der Waals surface area contributed by atoms with Gasteiger partial charge in [0, 0.05) is 40.2 Å². The topological polar surface area (TPSA) is 119 Å². The molecule has 1 aliphatic carbocycles. The van der Waals surface area contributed by atoms with E-state index in [9.17, 15) is 25.0 Å². The first kappa shape index (κ1) is 24.5. The number of nitro groups is 2. The molecule has 3 aromatic carbocycles. The largest absolute Gasteiger partial charge is 0.274 e. The Morgan fingerprint density at radius 3 is 2.35 bits per heavy atom. The summed E-state index contributed by atoms with van der Waals surface area (Å²) in [6, 6.07) is 19.2. The van der Waals surface area contributed by atoms with Crippen LogP contribution in [0.15, 0.2) is 87.9 Å². The number of halogens is 1. The van der Waals surface area contributed by atoms with E-state index in [1.54, 1.807) is 48.5 Å². The number of hydrogen-bond acceptors (Lipinski definition) is 6. The lowest BCUT2D eigenvalue weighted by Gasteiger charge is -2.29. The van der Waals surface area contributed by atoms with Gasteiger partial charge in [-0.2, -0.15) is 5.10 Å². The molecule has 9 nitrogen and oxygen atoms in total. The molecule has 1 aliphatic heterocycles. The molecule has 5 rings (SSSR count). The third kappa shape index (κ3) is 4.92. The van der Waals surface area contributed by atoms with Gasteiger partial charge in [0.1, 0.15) is 0 Å². The summed E-state index contributed by atoms with van der Waals surface area (Å²) < 4.78 is 0.836. The standard InChI is InChI=1S/C27H21BrN4O5/c28-21-12-10-18(11-13-21)27(33)30-26(20-6-2-8-23(16-20)32(36)37)24-9-3-5-19(25(24)29-30)14-17-4-1-7-22(15-17)31(34)35/h1-2,4,6-8,10-16,24,26H,3,5,9H2/b19-14+. The van der Waals surface area contributed by atoms with E-state index in [1.807, 2.05) is 6.08 Å². The van der Waals surface area contributed by atoms with Crippen LogP contribution in [0.3, 0.4) is 0 Å². The van der Waals surface area contributed by atoms with E-state index in [4.69, 9.17) is 5.10 Å². The SMILES string of the molecule is O=C(c1ccc(Br)cc1)N1N=C2/C(=C/c3cccc([N+](=O)[O-])c3)CCCC2C1c1cccc([N+](=O)[O-])c1. The summed E-state index contributed by atoms with van der Waals surface area (Å²) in [7, 11) is 0. The van der Waals surface area contributed by atoms with Crippen molar-refractivity contribution in [1.29, 1.82) is 0 Å². The summed E-state index contributed by atoms with van der Waals surface area (Å²) >= 11 is 3.39. The summed E-state index contributed by atoms with van der Waals surface area (Å²) in [6.07, 6.45) is 4.18. The summed E-state index contributed by atoms with van der Waals surface area (Å²) in [6.45, 7) is 0. The number of fused-ring (bicyclic) bond motifs is 1. The minimum atomic E-state index is -0.514. The Morgan fingerprint density at radius 2 is 1.65 bits per heavy atom. The normalized spacial score (nSPS) is 19.9. The van der Waals surface area contributed by atoms with Gasteiger partial charge in [-0.25, -0.2) is 5.01 Å². The molecular formula is C27H21BrN4O5. The van der Waals surface area contributed by atoms with E-state index in [0.29, 0.717) is 23.1 Å². The van der Waals surface area contributed by atoms with Gasteiger partial charge < -0.3 is 0 Å². The average Bonchev–Trinajstić information content (AvgIpc) is 3.29. The van der Waals surface area contributed by atoms with E-state index in [0.717, 1.165) is 28.6 Å². The molecule has 2 unspecified atom stereocenters. The number of nitro benzene ring substituents is 2. The maximum Gasteiger partial charge on any atom is 0.274 e. The van der Waals surface area contributed by atoms with Crippen molar-refractivity contribution in [1.82, 2.24) is 5.01 Å². The van der Waals surface area contributed by atoms with Crippen molar-refractivity contribution in [3.05, 3.63) is 120 Å². The minimum Gasteiger partial charge on any atom is -0.267 e. The fraction of sp³-hybridized carbons (Fsp3) is 0.185. The maximum absolute atomic E-state index is 13.7. The number of amides is 1. The van der Waals surface area contributed by atoms with Crippen molar-refractivity contribution in [3.8, 4) is 0 Å². The van der Waals surface area contributed by atoms with Crippen molar-refractivity contribution in [3.63, 3.8) is 0 Å². The summed E-state index contributed by atoms with van der Waals surface area (Å²) in [4.78, 5) is 35.5. The van der Waals surface area contributed by atoms with E-state index < -0.39 is 15.9 Å². The molecule has 10 heteroatoms. The predicted molar refractivity (Wildman–Crippen MR) is 142 cm³/mol. The molecule has 0 radical (unpaired) electrons. The summed E-state index contributed by atoms with van der Waals surface area (Å²) in [5.74, 6) is -0.472. The molecule has 3 aromatic rings. The number of carbonyl (C=O) groups is 1. The molecule has 186 valence electrons. The van der Waals surface area contributed by atoms with Gasteiger partial charge in [0.15, 0.2) is 0 Å². The van der Waals surface area contributed by atoms with E-state index in [1.165, 1.54) is 29.3 Å². The first-order chi connectivity index (χ1) is 17.8. The lowest BCUT2D eigenvalue weighted by atomic mass is 9.77. The van der Waals surface area contributed by atoms with E-state index in [2.05, 4.69) is 15.9 Å². The lowest BCUT2D eigenvalue weighted by Crippen LogP contribution is -2.32. The van der Waals surface area contributed by atoms with Crippen molar-refractivity contribution in [2.24, 2.45) is 11.0 Å². The number of benzene rings is 3. The quantitative estimate of drug-likeness (QED) is 0.254. The van der Waals surface area contributed by atoms with Crippen LogP contribution in [0.25, 0.3) is 6.08 Å². The van der Waals surface area contributed by atoms with Gasteiger partial charge in [-0.1, -0.05) is 40.2 Å². The van der Waals surface area contributed by atoms with Crippen molar-refractivity contribution in [2.45, 2.75) is 25.3 Å². The van der Waals surface area contributed by atoms with Crippen LogP contribution in [0, 0.1) is 26.1 Å². The molecule has 0 saturated heterocycles. The fourth-order valence-electron chi connectivity index (χ4n) is 4.98. The fourth-order valence-corrected chi connectivity index (χ4v) is 5.24. The predicted octanol–water partition coefficient (Wildman–Crippen LogP) is 6.70. The van der Waals surface area contributed by atoms with Crippen LogP contribution in [-0.4, -0.2) is 26.5 Å². The van der Waals surface area contributed by atoms with Gasteiger partial charge in [0.2, 0.25) is 0 Å². The van der Waals surface area contributed by atoms with Crippen LogP contribution < -0.4 is 0 Å². The Balaban J connectivity index is 1.59.